The Labute approximate surface area is 397 Å². The number of allylic oxidation sites excluding steroid dienone is 12. The number of rotatable bonds is 50. The normalized spacial score (nSPS) is 12.7. The Morgan fingerprint density at radius 2 is 0.703 bits per heavy atom. The van der Waals surface area contributed by atoms with E-state index < -0.39 is 6.10 Å². The molecule has 0 aromatic heterocycles. The molecule has 0 radical (unpaired) electrons. The van der Waals surface area contributed by atoms with Gasteiger partial charge in [-0.15, -0.1) is 0 Å². The summed E-state index contributed by atoms with van der Waals surface area (Å²) in [5.41, 5.74) is 0. The summed E-state index contributed by atoms with van der Waals surface area (Å²) in [5, 5.41) is 0. The van der Waals surface area contributed by atoms with Crippen LogP contribution in [0, 0.1) is 0 Å². The Balaban J connectivity index is 4.34. The van der Waals surface area contributed by atoms with Crippen LogP contribution in [-0.4, -0.2) is 37.9 Å². The van der Waals surface area contributed by atoms with E-state index in [4.69, 9.17) is 14.2 Å². The molecule has 0 amide bonds. The number of ether oxygens (including phenoxy) is 3. The third-order valence-electron chi connectivity index (χ3n) is 11.7. The van der Waals surface area contributed by atoms with Crippen molar-refractivity contribution in [3.05, 3.63) is 72.9 Å². The van der Waals surface area contributed by atoms with Crippen molar-refractivity contribution in [1.29, 1.82) is 0 Å². The van der Waals surface area contributed by atoms with Gasteiger partial charge in [0.1, 0.15) is 6.61 Å². The number of carbonyl (C=O) groups is 2. The zero-order chi connectivity index (χ0) is 46.3. The van der Waals surface area contributed by atoms with Gasteiger partial charge in [-0.1, -0.05) is 216 Å². The topological polar surface area (TPSA) is 61.8 Å². The van der Waals surface area contributed by atoms with Gasteiger partial charge in [0.2, 0.25) is 0 Å². The number of hydrogen-bond acceptors (Lipinski definition) is 5. The fraction of sp³-hybridized carbons (Fsp3) is 0.763. The van der Waals surface area contributed by atoms with Crippen molar-refractivity contribution in [3.63, 3.8) is 0 Å². The molecule has 0 bridgehead atoms. The van der Waals surface area contributed by atoms with Crippen LogP contribution < -0.4 is 0 Å². The minimum absolute atomic E-state index is 0.0657. The van der Waals surface area contributed by atoms with Gasteiger partial charge in [-0.05, 0) is 109 Å². The van der Waals surface area contributed by atoms with Gasteiger partial charge in [-0.25, -0.2) is 0 Å². The summed E-state index contributed by atoms with van der Waals surface area (Å²) in [6.45, 7) is 7.68. The zero-order valence-corrected chi connectivity index (χ0v) is 42.5. The molecule has 5 heteroatoms. The first-order valence-corrected chi connectivity index (χ1v) is 27.5. The van der Waals surface area contributed by atoms with Crippen molar-refractivity contribution in [2.75, 3.05) is 19.8 Å². The highest BCUT2D eigenvalue weighted by molar-refractivity contribution is 5.70. The van der Waals surface area contributed by atoms with Crippen molar-refractivity contribution in [3.8, 4) is 0 Å². The summed E-state index contributed by atoms with van der Waals surface area (Å²) in [7, 11) is 0. The molecule has 0 aliphatic heterocycles. The summed E-state index contributed by atoms with van der Waals surface area (Å²) in [5.74, 6) is -0.432. The molecule has 370 valence electrons. The van der Waals surface area contributed by atoms with E-state index in [1.807, 2.05) is 0 Å². The Bertz CT molecular complexity index is 1150. The standard InChI is InChI=1S/C59H104O5/c1-4-7-10-13-16-19-22-25-28-30-32-34-37-40-43-46-49-52-58(60)63-56-57(55-62-54-51-48-45-42-39-36-33-29-26-23-20-17-14-11-8-5-2)64-59(61)53-50-47-44-41-38-35-31-27-24-21-18-15-12-9-6-3/h7,10,16,19,25-29,31-32,34,57H,4-6,8-9,11-15,17-18,20-24,30,33,35-56H2,1-3H3/b10-7-,19-16-,28-25-,29-26-,31-27-,34-32-. The molecule has 1 unspecified atom stereocenters. The van der Waals surface area contributed by atoms with Crippen LogP contribution in [0.1, 0.15) is 265 Å². The van der Waals surface area contributed by atoms with Gasteiger partial charge in [-0.3, -0.25) is 9.59 Å². The highest BCUT2D eigenvalue weighted by atomic mass is 16.6. The molecule has 1 atom stereocenters. The maximum Gasteiger partial charge on any atom is 0.306 e. The Morgan fingerprint density at radius 3 is 1.14 bits per heavy atom. The number of carbonyl (C=O) groups excluding carboxylic acids is 2. The van der Waals surface area contributed by atoms with E-state index in [9.17, 15) is 9.59 Å². The van der Waals surface area contributed by atoms with Crippen molar-refractivity contribution in [2.45, 2.75) is 271 Å². The Morgan fingerprint density at radius 1 is 0.359 bits per heavy atom. The van der Waals surface area contributed by atoms with Crippen LogP contribution >= 0.6 is 0 Å². The molecule has 0 heterocycles. The smallest absolute Gasteiger partial charge is 0.306 e. The predicted molar refractivity (Wildman–Crippen MR) is 279 cm³/mol. The lowest BCUT2D eigenvalue weighted by Crippen LogP contribution is -2.30. The van der Waals surface area contributed by atoms with Crippen molar-refractivity contribution < 1.29 is 23.8 Å². The average molecular weight is 893 g/mol. The molecule has 0 aliphatic rings. The van der Waals surface area contributed by atoms with Crippen molar-refractivity contribution >= 4 is 11.9 Å². The molecule has 0 fully saturated rings. The maximum atomic E-state index is 12.8. The molecule has 0 saturated carbocycles. The summed E-state index contributed by atoms with van der Waals surface area (Å²) in [6.07, 6.45) is 70.5. The fourth-order valence-electron chi connectivity index (χ4n) is 7.61. The first-order valence-electron chi connectivity index (χ1n) is 27.5. The van der Waals surface area contributed by atoms with Gasteiger partial charge in [-0.2, -0.15) is 0 Å². The van der Waals surface area contributed by atoms with Crippen LogP contribution in [0.4, 0.5) is 0 Å². The largest absolute Gasteiger partial charge is 0.462 e. The molecule has 0 aromatic rings. The molecule has 0 rings (SSSR count). The molecular formula is C59H104O5. The van der Waals surface area contributed by atoms with E-state index in [0.717, 1.165) is 96.3 Å². The first-order chi connectivity index (χ1) is 31.6. The third kappa shape index (κ3) is 52.0. The Hall–Kier alpha value is -2.66. The third-order valence-corrected chi connectivity index (χ3v) is 11.7. The lowest BCUT2D eigenvalue weighted by atomic mass is 10.1. The van der Waals surface area contributed by atoms with Crippen LogP contribution in [0.25, 0.3) is 0 Å². The van der Waals surface area contributed by atoms with Gasteiger partial charge < -0.3 is 14.2 Å². The molecule has 0 N–H and O–H groups in total. The van der Waals surface area contributed by atoms with Crippen LogP contribution in [0.3, 0.4) is 0 Å². The van der Waals surface area contributed by atoms with Gasteiger partial charge in [0, 0.05) is 19.4 Å². The second-order valence-electron chi connectivity index (χ2n) is 18.1. The van der Waals surface area contributed by atoms with Crippen LogP contribution in [0.2, 0.25) is 0 Å². The molecule has 0 saturated heterocycles. The molecule has 0 spiro atoms. The van der Waals surface area contributed by atoms with E-state index in [1.165, 1.54) is 135 Å². The number of esters is 2. The molecule has 64 heavy (non-hydrogen) atoms. The summed E-state index contributed by atoms with van der Waals surface area (Å²) >= 11 is 0. The Kier molecular flexibility index (Phi) is 52.4. The highest BCUT2D eigenvalue weighted by Crippen LogP contribution is 2.14. The predicted octanol–water partition coefficient (Wildman–Crippen LogP) is 18.7. The van der Waals surface area contributed by atoms with E-state index in [1.54, 1.807) is 0 Å². The van der Waals surface area contributed by atoms with Crippen LogP contribution in [-0.2, 0) is 23.8 Å². The summed E-state index contributed by atoms with van der Waals surface area (Å²) in [6, 6.07) is 0. The van der Waals surface area contributed by atoms with Crippen molar-refractivity contribution in [1.82, 2.24) is 0 Å². The van der Waals surface area contributed by atoms with E-state index in [0.29, 0.717) is 19.4 Å². The van der Waals surface area contributed by atoms with Crippen LogP contribution in [0.5, 0.6) is 0 Å². The van der Waals surface area contributed by atoms with Crippen LogP contribution in [0.15, 0.2) is 72.9 Å². The monoisotopic (exact) mass is 893 g/mol. The SMILES string of the molecule is CC/C=C\C/C=C\C/C=C\C/C=C\CCCCCCC(=O)OCC(COCCCCCCCC/C=C\CCCCCCCC)OC(=O)CCCCCCC/C=C\CCCCCCCC. The van der Waals surface area contributed by atoms with E-state index >= 15 is 0 Å². The molecular weight excluding hydrogens is 789 g/mol. The van der Waals surface area contributed by atoms with Crippen molar-refractivity contribution in [2.24, 2.45) is 0 Å². The molecule has 0 aliphatic carbocycles. The minimum atomic E-state index is -0.556. The minimum Gasteiger partial charge on any atom is -0.462 e. The fourth-order valence-corrected chi connectivity index (χ4v) is 7.61. The summed E-state index contributed by atoms with van der Waals surface area (Å²) < 4.78 is 17.4. The van der Waals surface area contributed by atoms with E-state index in [2.05, 4.69) is 93.7 Å². The van der Waals surface area contributed by atoms with Gasteiger partial charge in [0.25, 0.3) is 0 Å². The maximum absolute atomic E-state index is 12.8. The second-order valence-corrected chi connectivity index (χ2v) is 18.1. The number of hydrogen-bond donors (Lipinski definition) is 0. The lowest BCUT2D eigenvalue weighted by molar-refractivity contribution is -0.163. The first kappa shape index (κ1) is 61.3. The van der Waals surface area contributed by atoms with Gasteiger partial charge >= 0.3 is 11.9 Å². The van der Waals surface area contributed by atoms with Gasteiger partial charge in [0.05, 0.1) is 6.61 Å². The van der Waals surface area contributed by atoms with E-state index in [-0.39, 0.29) is 25.2 Å². The zero-order valence-electron chi connectivity index (χ0n) is 42.5. The number of unbranched alkanes of at least 4 members (excludes halogenated alkanes) is 27. The second kappa shape index (κ2) is 54.7. The van der Waals surface area contributed by atoms with Gasteiger partial charge in [0.15, 0.2) is 6.10 Å². The average Bonchev–Trinajstić information content (AvgIpc) is 3.30. The quantitative estimate of drug-likeness (QED) is 0.0346. The highest BCUT2D eigenvalue weighted by Gasteiger charge is 2.17. The molecule has 0 aromatic carbocycles. The summed E-state index contributed by atoms with van der Waals surface area (Å²) in [4.78, 5) is 25.5. The lowest BCUT2D eigenvalue weighted by Gasteiger charge is -2.18. The molecule has 5 nitrogen and oxygen atoms in total.